The van der Waals surface area contributed by atoms with Crippen molar-refractivity contribution in [3.63, 3.8) is 0 Å². The van der Waals surface area contributed by atoms with Crippen molar-refractivity contribution in [3.8, 4) is 0 Å². The van der Waals surface area contributed by atoms with E-state index in [1.165, 1.54) is 31.2 Å². The lowest BCUT2D eigenvalue weighted by Gasteiger charge is -2.44. The van der Waals surface area contributed by atoms with E-state index in [1.54, 1.807) is 11.1 Å². The van der Waals surface area contributed by atoms with Crippen LogP contribution in [0.1, 0.15) is 42.9 Å². The molecule has 0 spiro atoms. The van der Waals surface area contributed by atoms with Crippen molar-refractivity contribution in [1.82, 2.24) is 9.55 Å². The highest BCUT2D eigenvalue weighted by atomic mass is 35.5. The molecule has 0 N–H and O–H groups in total. The first-order valence-electron chi connectivity index (χ1n) is 7.92. The summed E-state index contributed by atoms with van der Waals surface area (Å²) in [7, 11) is 0. The van der Waals surface area contributed by atoms with Gasteiger partial charge in [-0.1, -0.05) is 24.6 Å². The van der Waals surface area contributed by atoms with Gasteiger partial charge in [0, 0.05) is 24.0 Å². The van der Waals surface area contributed by atoms with Crippen molar-refractivity contribution in [2.24, 2.45) is 5.92 Å². The van der Waals surface area contributed by atoms with Crippen LogP contribution in [-0.4, -0.2) is 9.55 Å². The zero-order valence-corrected chi connectivity index (χ0v) is 13.2. The highest BCUT2D eigenvalue weighted by Gasteiger charge is 2.40. The molecule has 1 aromatic carbocycles. The third-order valence-corrected chi connectivity index (χ3v) is 5.73. The zero-order chi connectivity index (χ0) is 14.4. The Balaban J connectivity index is 1.74. The fourth-order valence-corrected chi connectivity index (χ4v) is 4.88. The molecule has 0 bridgehead atoms. The molecule has 2 nitrogen and oxygen atoms in total. The van der Waals surface area contributed by atoms with Crippen molar-refractivity contribution < 1.29 is 0 Å². The molecule has 0 saturated carbocycles. The van der Waals surface area contributed by atoms with Crippen LogP contribution < -0.4 is 0 Å². The van der Waals surface area contributed by atoms with Crippen LogP contribution in [0.3, 0.4) is 0 Å². The maximum Gasteiger partial charge on any atom is 0.0945 e. The van der Waals surface area contributed by atoms with Gasteiger partial charge in [0.25, 0.3) is 0 Å². The second-order valence-corrected chi connectivity index (χ2v) is 7.42. The summed E-state index contributed by atoms with van der Waals surface area (Å²) in [6, 6.07) is 4.37. The van der Waals surface area contributed by atoms with Gasteiger partial charge in [-0.25, -0.2) is 4.98 Å². The Morgan fingerprint density at radius 2 is 2.33 bits per heavy atom. The summed E-state index contributed by atoms with van der Waals surface area (Å²) >= 11 is 6.55. The van der Waals surface area contributed by atoms with E-state index >= 15 is 0 Å². The van der Waals surface area contributed by atoms with Gasteiger partial charge in [0.15, 0.2) is 0 Å². The molecule has 1 aromatic heterocycles. The molecular weight excluding hydrogens is 280 g/mol. The van der Waals surface area contributed by atoms with Gasteiger partial charge in [-0.05, 0) is 66.2 Å². The normalized spacial score (nSPS) is 27.4. The number of aromatic nitrogens is 2. The molecule has 3 heteroatoms. The number of hydrogen-bond donors (Lipinski definition) is 0. The standard InChI is InChI=1S/C18H21ClN2/c1-18-6-2-3-14-4-5-16(19)15(17(14)18)9-13(10-18)11-21-8-7-20-12-21/h4-5,7-8,12-13H,2-3,6,9-11H2,1H3. The van der Waals surface area contributed by atoms with Crippen molar-refractivity contribution in [2.45, 2.75) is 51.0 Å². The fraction of sp³-hybridized carbons (Fsp3) is 0.500. The molecule has 0 saturated heterocycles. The van der Waals surface area contributed by atoms with Gasteiger partial charge in [-0.3, -0.25) is 0 Å². The monoisotopic (exact) mass is 300 g/mol. The molecule has 2 unspecified atom stereocenters. The number of nitrogens with zero attached hydrogens (tertiary/aromatic N) is 2. The predicted molar refractivity (Wildman–Crippen MR) is 85.8 cm³/mol. The van der Waals surface area contributed by atoms with Gasteiger partial charge in [0.2, 0.25) is 0 Å². The lowest BCUT2D eigenvalue weighted by Crippen LogP contribution is -2.37. The molecule has 1 heterocycles. The van der Waals surface area contributed by atoms with E-state index in [-0.39, 0.29) is 0 Å². The van der Waals surface area contributed by atoms with Crippen LogP contribution in [0.4, 0.5) is 0 Å². The number of halogens is 1. The minimum absolute atomic E-state index is 0.317. The SMILES string of the molecule is CC12CCCc3ccc(Cl)c(c31)CC(Cn1ccnc1)C2. The maximum absolute atomic E-state index is 6.55. The van der Waals surface area contributed by atoms with Crippen molar-refractivity contribution in [3.05, 3.63) is 52.6 Å². The first-order chi connectivity index (χ1) is 10.2. The molecule has 4 rings (SSSR count). The zero-order valence-electron chi connectivity index (χ0n) is 12.5. The molecule has 0 fully saturated rings. The summed E-state index contributed by atoms with van der Waals surface area (Å²) in [6.07, 6.45) is 12.1. The molecule has 0 amide bonds. The summed E-state index contributed by atoms with van der Waals surface area (Å²) < 4.78 is 2.21. The van der Waals surface area contributed by atoms with Gasteiger partial charge < -0.3 is 4.57 Å². The Labute approximate surface area is 131 Å². The maximum atomic E-state index is 6.55. The Bertz CT molecular complexity index is 662. The molecule has 0 aliphatic heterocycles. The summed E-state index contributed by atoms with van der Waals surface area (Å²) in [6.45, 7) is 3.50. The quantitative estimate of drug-likeness (QED) is 0.804. The Morgan fingerprint density at radius 1 is 1.43 bits per heavy atom. The third-order valence-electron chi connectivity index (χ3n) is 5.38. The molecule has 110 valence electrons. The van der Waals surface area contributed by atoms with Gasteiger partial charge >= 0.3 is 0 Å². The molecular formula is C18H21ClN2. The molecule has 0 radical (unpaired) electrons. The number of aryl methyl sites for hydroxylation is 1. The van der Waals surface area contributed by atoms with E-state index < -0.39 is 0 Å². The van der Waals surface area contributed by atoms with E-state index in [0.717, 1.165) is 18.0 Å². The summed E-state index contributed by atoms with van der Waals surface area (Å²) in [5.41, 5.74) is 4.87. The first-order valence-corrected chi connectivity index (χ1v) is 8.30. The number of rotatable bonds is 2. The Morgan fingerprint density at radius 3 is 3.14 bits per heavy atom. The fourth-order valence-electron chi connectivity index (χ4n) is 4.65. The highest BCUT2D eigenvalue weighted by Crippen LogP contribution is 2.49. The van der Waals surface area contributed by atoms with Crippen LogP contribution in [0.15, 0.2) is 30.9 Å². The number of benzene rings is 1. The predicted octanol–water partition coefficient (Wildman–Crippen LogP) is 4.39. The Hall–Kier alpha value is -1.28. The van der Waals surface area contributed by atoms with Crippen molar-refractivity contribution >= 4 is 11.6 Å². The summed E-state index contributed by atoms with van der Waals surface area (Å²) in [4.78, 5) is 4.17. The smallest absolute Gasteiger partial charge is 0.0945 e. The second kappa shape index (κ2) is 4.88. The average molecular weight is 301 g/mol. The van der Waals surface area contributed by atoms with E-state index in [9.17, 15) is 0 Å². The van der Waals surface area contributed by atoms with Crippen LogP contribution in [0, 0.1) is 5.92 Å². The molecule has 2 aromatic rings. The topological polar surface area (TPSA) is 17.8 Å². The van der Waals surface area contributed by atoms with E-state index in [1.807, 2.05) is 12.5 Å². The van der Waals surface area contributed by atoms with Gasteiger partial charge in [-0.2, -0.15) is 0 Å². The van der Waals surface area contributed by atoms with Gasteiger partial charge in [0.05, 0.1) is 6.33 Å². The van der Waals surface area contributed by atoms with Crippen LogP contribution >= 0.6 is 11.6 Å². The van der Waals surface area contributed by atoms with E-state index in [0.29, 0.717) is 11.3 Å². The summed E-state index contributed by atoms with van der Waals surface area (Å²) in [5, 5.41) is 0.970. The second-order valence-electron chi connectivity index (χ2n) is 7.01. The number of hydrogen-bond acceptors (Lipinski definition) is 1. The average Bonchev–Trinajstić information content (AvgIpc) is 2.94. The van der Waals surface area contributed by atoms with Crippen molar-refractivity contribution in [1.29, 1.82) is 0 Å². The van der Waals surface area contributed by atoms with Crippen LogP contribution in [0.5, 0.6) is 0 Å². The highest BCUT2D eigenvalue weighted by molar-refractivity contribution is 6.31. The third kappa shape index (κ3) is 2.20. The van der Waals surface area contributed by atoms with Crippen LogP contribution in [-0.2, 0) is 24.8 Å². The first kappa shape index (κ1) is 13.4. The van der Waals surface area contributed by atoms with Gasteiger partial charge in [-0.15, -0.1) is 0 Å². The molecule has 21 heavy (non-hydrogen) atoms. The van der Waals surface area contributed by atoms with Gasteiger partial charge in [0.1, 0.15) is 0 Å². The van der Waals surface area contributed by atoms with E-state index in [2.05, 4.69) is 34.8 Å². The minimum atomic E-state index is 0.317. The number of imidazole rings is 1. The van der Waals surface area contributed by atoms with Crippen LogP contribution in [0.25, 0.3) is 0 Å². The van der Waals surface area contributed by atoms with Crippen LogP contribution in [0.2, 0.25) is 5.02 Å². The van der Waals surface area contributed by atoms with E-state index in [4.69, 9.17) is 11.6 Å². The largest absolute Gasteiger partial charge is 0.337 e. The lowest BCUT2D eigenvalue weighted by atomic mass is 9.61. The lowest BCUT2D eigenvalue weighted by molar-refractivity contribution is 0.251. The molecule has 2 aliphatic rings. The Kier molecular flexibility index (Phi) is 3.11. The molecule has 2 atom stereocenters. The summed E-state index contributed by atoms with van der Waals surface area (Å²) in [5.74, 6) is 0.655. The minimum Gasteiger partial charge on any atom is -0.337 e. The molecule has 2 aliphatic carbocycles. The van der Waals surface area contributed by atoms with Crippen molar-refractivity contribution in [2.75, 3.05) is 0 Å².